The molecule has 3 nitrogen and oxygen atoms in total. The molecule has 0 aliphatic carbocycles. The Morgan fingerprint density at radius 3 is 2.50 bits per heavy atom. The molecule has 0 radical (unpaired) electrons. The number of anilines is 1. The van der Waals surface area contributed by atoms with Crippen LogP contribution >= 0.6 is 0 Å². The Hall–Kier alpha value is -2.55. The predicted octanol–water partition coefficient (Wildman–Crippen LogP) is 4.74. The van der Waals surface area contributed by atoms with Crippen LogP contribution in [0.4, 0.5) is 19.0 Å². The Bertz CT molecular complexity index is 789. The summed E-state index contributed by atoms with van der Waals surface area (Å²) in [7, 11) is 0. The van der Waals surface area contributed by atoms with Crippen molar-refractivity contribution in [2.45, 2.75) is 39.3 Å². The molecule has 1 heterocycles. The summed E-state index contributed by atoms with van der Waals surface area (Å²) in [6.07, 6.45) is -2.40. The largest absolute Gasteiger partial charge is 0.416 e. The lowest BCUT2D eigenvalue weighted by Gasteiger charge is -2.17. The maximum absolute atomic E-state index is 13.0. The van der Waals surface area contributed by atoms with Crippen molar-refractivity contribution < 1.29 is 13.2 Å². The van der Waals surface area contributed by atoms with Crippen molar-refractivity contribution in [3.63, 3.8) is 0 Å². The summed E-state index contributed by atoms with van der Waals surface area (Å²) < 4.78 is 39.1. The molecule has 0 unspecified atom stereocenters. The smallest absolute Gasteiger partial charge is 0.383 e. The summed E-state index contributed by atoms with van der Waals surface area (Å²) in [4.78, 5) is 4.29. The number of benzene rings is 1. The fraction of sp³-hybridized carbons (Fsp3) is 0.333. The number of nitrogens with zero attached hydrogens (tertiary/aromatic N) is 2. The number of nitrogen functional groups attached to an aromatic ring is 1. The van der Waals surface area contributed by atoms with Crippen molar-refractivity contribution in [1.29, 1.82) is 5.26 Å². The second-order valence-corrected chi connectivity index (χ2v) is 5.47. The topological polar surface area (TPSA) is 62.7 Å². The lowest BCUT2D eigenvalue weighted by atomic mass is 9.90. The van der Waals surface area contributed by atoms with Gasteiger partial charge in [0.1, 0.15) is 17.5 Å². The van der Waals surface area contributed by atoms with Gasteiger partial charge >= 0.3 is 6.18 Å². The van der Waals surface area contributed by atoms with E-state index in [1.165, 1.54) is 6.07 Å². The van der Waals surface area contributed by atoms with E-state index >= 15 is 0 Å². The molecule has 0 saturated carbocycles. The zero-order valence-corrected chi connectivity index (χ0v) is 13.5. The SMILES string of the molecule is CCCc1nc(N)c(C#N)c(-c2cccc(C(F)(F)F)c2)c1CC. The molecule has 2 aromatic rings. The molecule has 24 heavy (non-hydrogen) atoms. The molecule has 126 valence electrons. The number of nitrogens with two attached hydrogens (primary N) is 1. The van der Waals surface area contributed by atoms with Gasteiger partial charge in [0.2, 0.25) is 0 Å². The van der Waals surface area contributed by atoms with E-state index in [4.69, 9.17) is 5.73 Å². The van der Waals surface area contributed by atoms with E-state index in [1.807, 2.05) is 19.9 Å². The predicted molar refractivity (Wildman–Crippen MR) is 87.2 cm³/mol. The van der Waals surface area contributed by atoms with Crippen molar-refractivity contribution in [3.05, 3.63) is 46.6 Å². The lowest BCUT2D eigenvalue weighted by molar-refractivity contribution is -0.137. The highest BCUT2D eigenvalue weighted by molar-refractivity contribution is 5.79. The fourth-order valence-electron chi connectivity index (χ4n) is 2.80. The second kappa shape index (κ2) is 6.91. The van der Waals surface area contributed by atoms with Crippen LogP contribution in [0.2, 0.25) is 0 Å². The maximum atomic E-state index is 13.0. The quantitative estimate of drug-likeness (QED) is 0.879. The maximum Gasteiger partial charge on any atom is 0.416 e. The number of aryl methyl sites for hydroxylation is 1. The third-order valence-corrected chi connectivity index (χ3v) is 3.84. The van der Waals surface area contributed by atoms with E-state index < -0.39 is 11.7 Å². The van der Waals surface area contributed by atoms with Crippen LogP contribution in [0.15, 0.2) is 24.3 Å². The summed E-state index contributed by atoms with van der Waals surface area (Å²) in [5.41, 5.74) is 7.59. The Kier molecular flexibility index (Phi) is 5.13. The normalized spacial score (nSPS) is 11.3. The van der Waals surface area contributed by atoms with E-state index in [0.717, 1.165) is 29.8 Å². The van der Waals surface area contributed by atoms with Crippen LogP contribution in [0.25, 0.3) is 11.1 Å². The van der Waals surface area contributed by atoms with Crippen LogP contribution < -0.4 is 5.73 Å². The molecular formula is C18H18F3N3. The monoisotopic (exact) mass is 333 g/mol. The van der Waals surface area contributed by atoms with E-state index in [1.54, 1.807) is 6.07 Å². The Morgan fingerprint density at radius 2 is 1.96 bits per heavy atom. The number of nitriles is 1. The van der Waals surface area contributed by atoms with Crippen LogP contribution in [0.3, 0.4) is 0 Å². The number of hydrogen-bond donors (Lipinski definition) is 1. The first-order valence-corrected chi connectivity index (χ1v) is 7.72. The van der Waals surface area contributed by atoms with Gasteiger partial charge in [0.25, 0.3) is 0 Å². The van der Waals surface area contributed by atoms with E-state index in [9.17, 15) is 18.4 Å². The van der Waals surface area contributed by atoms with Crippen molar-refractivity contribution in [2.75, 3.05) is 5.73 Å². The summed E-state index contributed by atoms with van der Waals surface area (Å²) in [6.45, 7) is 3.88. The van der Waals surface area contributed by atoms with Crippen molar-refractivity contribution in [2.24, 2.45) is 0 Å². The number of alkyl halides is 3. The molecule has 0 aliphatic heterocycles. The van der Waals surface area contributed by atoms with E-state index in [2.05, 4.69) is 4.98 Å². The van der Waals surface area contributed by atoms with Crippen molar-refractivity contribution >= 4 is 5.82 Å². The van der Waals surface area contributed by atoms with Gasteiger partial charge in [0.05, 0.1) is 5.56 Å². The number of pyridine rings is 1. The minimum Gasteiger partial charge on any atom is -0.383 e. The molecule has 2 rings (SSSR count). The van der Waals surface area contributed by atoms with E-state index in [-0.39, 0.29) is 11.4 Å². The van der Waals surface area contributed by atoms with Gasteiger partial charge in [-0.25, -0.2) is 4.98 Å². The average molecular weight is 333 g/mol. The van der Waals surface area contributed by atoms with Gasteiger partial charge in [-0.2, -0.15) is 18.4 Å². The van der Waals surface area contributed by atoms with Gasteiger partial charge in [-0.1, -0.05) is 32.4 Å². The van der Waals surface area contributed by atoms with Crippen molar-refractivity contribution in [1.82, 2.24) is 4.98 Å². The molecular weight excluding hydrogens is 315 g/mol. The molecule has 0 amide bonds. The Balaban J connectivity index is 2.80. The van der Waals surface area contributed by atoms with Gasteiger partial charge in [-0.15, -0.1) is 0 Å². The number of halogens is 3. The third kappa shape index (κ3) is 3.35. The number of aromatic nitrogens is 1. The molecule has 0 aliphatic rings. The highest BCUT2D eigenvalue weighted by Gasteiger charge is 2.31. The molecule has 1 aromatic heterocycles. The molecule has 0 bridgehead atoms. The molecule has 2 N–H and O–H groups in total. The standard InChI is InChI=1S/C18H18F3N3/c1-3-6-15-13(4-2)16(14(10-22)17(23)24-15)11-7-5-8-12(9-11)18(19,20)21/h5,7-9H,3-4,6H2,1-2H3,(H2,23,24). The Morgan fingerprint density at radius 1 is 1.25 bits per heavy atom. The highest BCUT2D eigenvalue weighted by atomic mass is 19.4. The van der Waals surface area contributed by atoms with Crippen LogP contribution in [-0.2, 0) is 19.0 Å². The zero-order chi connectivity index (χ0) is 17.9. The summed E-state index contributed by atoms with van der Waals surface area (Å²) in [6, 6.07) is 6.98. The first kappa shape index (κ1) is 17.8. The summed E-state index contributed by atoms with van der Waals surface area (Å²) >= 11 is 0. The molecule has 1 aromatic carbocycles. The van der Waals surface area contributed by atoms with E-state index in [0.29, 0.717) is 24.0 Å². The zero-order valence-electron chi connectivity index (χ0n) is 13.5. The van der Waals surface area contributed by atoms with Crippen LogP contribution in [-0.4, -0.2) is 4.98 Å². The first-order valence-electron chi connectivity index (χ1n) is 7.72. The number of hydrogen-bond acceptors (Lipinski definition) is 3. The first-order chi connectivity index (χ1) is 11.3. The molecule has 0 saturated heterocycles. The second-order valence-electron chi connectivity index (χ2n) is 5.47. The highest BCUT2D eigenvalue weighted by Crippen LogP contribution is 2.36. The average Bonchev–Trinajstić information content (AvgIpc) is 2.54. The summed E-state index contributed by atoms with van der Waals surface area (Å²) in [5, 5.41) is 9.44. The third-order valence-electron chi connectivity index (χ3n) is 3.84. The molecule has 0 atom stereocenters. The fourth-order valence-corrected chi connectivity index (χ4v) is 2.80. The van der Waals surface area contributed by atoms with Crippen molar-refractivity contribution in [3.8, 4) is 17.2 Å². The van der Waals surface area contributed by atoms with Gasteiger partial charge in [0, 0.05) is 11.3 Å². The van der Waals surface area contributed by atoms with Crippen LogP contribution in [0, 0.1) is 11.3 Å². The van der Waals surface area contributed by atoms with Crippen LogP contribution in [0.5, 0.6) is 0 Å². The minimum atomic E-state index is -4.44. The molecule has 0 fully saturated rings. The molecule has 6 heteroatoms. The van der Waals surface area contributed by atoms with Gasteiger partial charge < -0.3 is 5.73 Å². The lowest BCUT2D eigenvalue weighted by Crippen LogP contribution is -2.09. The van der Waals surface area contributed by atoms with Crippen LogP contribution in [0.1, 0.15) is 42.7 Å². The Labute approximate surface area is 138 Å². The van der Waals surface area contributed by atoms with Gasteiger partial charge in [-0.3, -0.25) is 0 Å². The van der Waals surface area contributed by atoms with Gasteiger partial charge in [-0.05, 0) is 36.1 Å². The van der Waals surface area contributed by atoms with Gasteiger partial charge in [0.15, 0.2) is 0 Å². The molecule has 0 spiro atoms. The number of rotatable bonds is 4. The summed E-state index contributed by atoms with van der Waals surface area (Å²) in [5.74, 6) is 0.0607. The minimum absolute atomic E-state index is 0.0607.